The van der Waals surface area contributed by atoms with Crippen molar-refractivity contribution in [1.29, 1.82) is 0 Å². The molecule has 0 saturated heterocycles. The van der Waals surface area contributed by atoms with Gasteiger partial charge in [-0.25, -0.2) is 0 Å². The van der Waals surface area contributed by atoms with E-state index >= 15 is 0 Å². The minimum absolute atomic E-state index is 0.0641. The van der Waals surface area contributed by atoms with E-state index in [1.807, 2.05) is 0 Å². The number of carbonyl (C=O) groups is 1. The van der Waals surface area contributed by atoms with Crippen LogP contribution in [0.3, 0.4) is 0 Å². The van der Waals surface area contributed by atoms with Gasteiger partial charge in [0.2, 0.25) is 0 Å². The maximum atomic E-state index is 10.9. The maximum Gasteiger partial charge on any atom is 0.506 e. The Morgan fingerprint density at radius 1 is 1.67 bits per heavy atom. The molecule has 0 aliphatic heterocycles. The molecular formula is C6H12O5P+. The van der Waals surface area contributed by atoms with Crippen LogP contribution in [0.15, 0.2) is 0 Å². The normalized spacial score (nSPS) is 13.8. The summed E-state index contributed by atoms with van der Waals surface area (Å²) in [5.74, 6) is -1.15. The lowest BCUT2D eigenvalue weighted by atomic mass is 10.2. The number of hydrogen-bond acceptors (Lipinski definition) is 4. The van der Waals surface area contributed by atoms with Crippen molar-refractivity contribution in [1.82, 2.24) is 0 Å². The molecule has 0 radical (unpaired) electrons. The van der Waals surface area contributed by atoms with Gasteiger partial charge in [-0.3, -0.25) is 4.79 Å². The van der Waals surface area contributed by atoms with Crippen molar-refractivity contribution in [3.63, 3.8) is 0 Å². The van der Waals surface area contributed by atoms with Crippen LogP contribution in [0.2, 0.25) is 0 Å². The third kappa shape index (κ3) is 5.18. The molecular weight excluding hydrogens is 183 g/mol. The van der Waals surface area contributed by atoms with Gasteiger partial charge in [-0.1, -0.05) is 0 Å². The molecule has 0 bridgehead atoms. The summed E-state index contributed by atoms with van der Waals surface area (Å²) in [7, 11) is -2.30. The number of esters is 1. The summed E-state index contributed by atoms with van der Waals surface area (Å²) in [6, 6.07) is 0. The minimum Gasteiger partial charge on any atom is -0.463 e. The van der Waals surface area contributed by atoms with Gasteiger partial charge in [0.15, 0.2) is 6.16 Å². The second-order valence-corrected chi connectivity index (χ2v) is 3.40. The summed E-state index contributed by atoms with van der Waals surface area (Å²) in [5, 5.41) is 8.29. The second kappa shape index (κ2) is 6.06. The highest BCUT2D eigenvalue weighted by atomic mass is 31.1. The Balaban J connectivity index is 3.69. The predicted molar refractivity (Wildman–Crippen MR) is 41.9 cm³/mol. The van der Waals surface area contributed by atoms with Gasteiger partial charge in [0.05, 0.1) is 6.61 Å². The van der Waals surface area contributed by atoms with Crippen LogP contribution in [-0.4, -0.2) is 35.3 Å². The van der Waals surface area contributed by atoms with Crippen LogP contribution >= 0.6 is 8.03 Å². The molecule has 2 unspecified atom stereocenters. The van der Waals surface area contributed by atoms with Crippen LogP contribution < -0.4 is 0 Å². The number of rotatable bonds is 5. The van der Waals surface area contributed by atoms with Crippen molar-refractivity contribution < 1.29 is 24.1 Å². The average Bonchev–Trinajstić information content (AvgIpc) is 1.98. The number of aliphatic hydroxyl groups excluding tert-OH is 1. The lowest BCUT2D eigenvalue weighted by Gasteiger charge is -2.04. The van der Waals surface area contributed by atoms with E-state index in [2.05, 4.69) is 4.74 Å². The van der Waals surface area contributed by atoms with Crippen molar-refractivity contribution in [2.24, 2.45) is 5.92 Å². The molecule has 6 heteroatoms. The van der Waals surface area contributed by atoms with E-state index in [1.165, 1.54) is 6.92 Å². The monoisotopic (exact) mass is 195 g/mol. The van der Waals surface area contributed by atoms with Crippen LogP contribution in [0.5, 0.6) is 0 Å². The molecule has 0 spiro atoms. The van der Waals surface area contributed by atoms with E-state index < -0.39 is 19.9 Å². The largest absolute Gasteiger partial charge is 0.506 e. The second-order valence-electron chi connectivity index (χ2n) is 2.33. The summed E-state index contributed by atoms with van der Waals surface area (Å²) >= 11 is 0. The van der Waals surface area contributed by atoms with E-state index in [0.29, 0.717) is 0 Å². The van der Waals surface area contributed by atoms with Crippen molar-refractivity contribution in [3.8, 4) is 0 Å². The van der Waals surface area contributed by atoms with Gasteiger partial charge < -0.3 is 9.84 Å². The number of aliphatic hydroxyl groups is 1. The molecule has 12 heavy (non-hydrogen) atoms. The molecule has 70 valence electrons. The first-order valence-electron chi connectivity index (χ1n) is 3.49. The molecule has 0 aromatic carbocycles. The molecule has 5 nitrogen and oxygen atoms in total. The first kappa shape index (κ1) is 11.5. The van der Waals surface area contributed by atoms with Gasteiger partial charge >= 0.3 is 14.0 Å². The lowest BCUT2D eigenvalue weighted by Crippen LogP contribution is -2.18. The summed E-state index contributed by atoms with van der Waals surface area (Å²) in [4.78, 5) is 19.3. The van der Waals surface area contributed by atoms with Gasteiger partial charge in [0.25, 0.3) is 0 Å². The summed E-state index contributed by atoms with van der Waals surface area (Å²) in [6.07, 6.45) is -0.0976. The highest BCUT2D eigenvalue weighted by Gasteiger charge is 2.24. The topological polar surface area (TPSA) is 83.8 Å². The zero-order chi connectivity index (χ0) is 9.56. The zero-order valence-corrected chi connectivity index (χ0v) is 7.66. The molecule has 2 atom stereocenters. The Labute approximate surface area is 71.2 Å². The highest BCUT2D eigenvalue weighted by Crippen LogP contribution is 2.18. The van der Waals surface area contributed by atoms with Crippen molar-refractivity contribution in [3.05, 3.63) is 0 Å². The summed E-state index contributed by atoms with van der Waals surface area (Å²) in [5.41, 5.74) is 0. The van der Waals surface area contributed by atoms with Gasteiger partial charge in [-0.05, 0) is 11.5 Å². The van der Waals surface area contributed by atoms with Crippen molar-refractivity contribution in [2.45, 2.75) is 6.92 Å². The zero-order valence-electron chi connectivity index (χ0n) is 6.77. The Hall–Kier alpha value is -0.510. The lowest BCUT2D eigenvalue weighted by molar-refractivity contribution is -0.148. The van der Waals surface area contributed by atoms with Crippen LogP contribution in [0.1, 0.15) is 6.92 Å². The van der Waals surface area contributed by atoms with Crippen molar-refractivity contribution >= 4 is 14.0 Å². The van der Waals surface area contributed by atoms with E-state index in [4.69, 9.17) is 10.00 Å². The first-order valence-corrected chi connectivity index (χ1v) is 4.88. The number of ether oxygens (including phenoxy) is 1. The number of carbonyl (C=O) groups excluding carboxylic acids is 1. The fourth-order valence-electron chi connectivity index (χ4n) is 0.597. The Morgan fingerprint density at radius 3 is 2.67 bits per heavy atom. The SMILES string of the molecule is CC(C[P+](=O)O)C(=O)OCCO. The molecule has 0 amide bonds. The van der Waals surface area contributed by atoms with Gasteiger partial charge in [-0.2, -0.15) is 4.89 Å². The van der Waals surface area contributed by atoms with Crippen LogP contribution in [0.25, 0.3) is 0 Å². The van der Waals surface area contributed by atoms with Gasteiger partial charge in [-0.15, -0.1) is 0 Å². The van der Waals surface area contributed by atoms with Gasteiger partial charge in [0.1, 0.15) is 12.5 Å². The quantitative estimate of drug-likeness (QED) is 0.472. The molecule has 0 heterocycles. The van der Waals surface area contributed by atoms with Crippen molar-refractivity contribution in [2.75, 3.05) is 19.4 Å². The highest BCUT2D eigenvalue weighted by molar-refractivity contribution is 7.38. The fraction of sp³-hybridized carbons (Fsp3) is 0.833. The molecule has 2 N–H and O–H groups in total. The molecule has 0 aromatic heterocycles. The number of hydrogen-bond donors (Lipinski definition) is 2. The molecule has 0 aliphatic rings. The maximum absolute atomic E-state index is 10.9. The average molecular weight is 195 g/mol. The third-order valence-electron chi connectivity index (χ3n) is 1.17. The van der Waals surface area contributed by atoms with E-state index in [0.717, 1.165) is 0 Å². The molecule has 0 aliphatic carbocycles. The van der Waals surface area contributed by atoms with Crippen LogP contribution in [-0.2, 0) is 14.1 Å². The fourth-order valence-corrected chi connectivity index (χ4v) is 1.21. The Morgan fingerprint density at radius 2 is 2.25 bits per heavy atom. The van der Waals surface area contributed by atoms with E-state index in [-0.39, 0.29) is 19.4 Å². The Kier molecular flexibility index (Phi) is 5.80. The Bertz CT molecular complexity index is 169. The van der Waals surface area contributed by atoms with Crippen LogP contribution in [0.4, 0.5) is 0 Å². The van der Waals surface area contributed by atoms with E-state index in [1.54, 1.807) is 0 Å². The van der Waals surface area contributed by atoms with Crippen LogP contribution in [0, 0.1) is 5.92 Å². The standard InChI is InChI=1S/C6H11O5P/c1-5(4-12(9)10)6(8)11-3-2-7/h5,7H,2-4H2,1H3/p+1. The molecule has 0 saturated carbocycles. The predicted octanol–water partition coefficient (Wildman–Crippen LogP) is -0.107. The summed E-state index contributed by atoms with van der Waals surface area (Å²) in [6.45, 7) is 1.21. The van der Waals surface area contributed by atoms with Gasteiger partial charge in [0, 0.05) is 0 Å². The minimum atomic E-state index is -2.30. The van der Waals surface area contributed by atoms with E-state index in [9.17, 15) is 9.36 Å². The third-order valence-corrected chi connectivity index (χ3v) is 2.03. The molecule has 0 aromatic rings. The first-order chi connectivity index (χ1) is 5.57. The molecule has 0 fully saturated rings. The molecule has 0 rings (SSSR count). The summed E-state index contributed by atoms with van der Waals surface area (Å²) < 4.78 is 14.8. The smallest absolute Gasteiger partial charge is 0.463 e.